The minimum atomic E-state index is -0.343. The molecule has 146 valence electrons. The quantitative estimate of drug-likeness (QED) is 0.349. The maximum Gasteiger partial charge on any atom is 0.336 e. The molecule has 0 aliphatic rings. The van der Waals surface area contributed by atoms with Gasteiger partial charge in [0.05, 0.1) is 5.69 Å². The zero-order valence-corrected chi connectivity index (χ0v) is 17.8. The predicted molar refractivity (Wildman–Crippen MR) is 120 cm³/mol. The van der Waals surface area contributed by atoms with E-state index in [0.717, 1.165) is 33.3 Å². The number of hydrogen-bond donors (Lipinski definition) is 1. The maximum absolute atomic E-state index is 12.0. The Morgan fingerprint density at radius 3 is 2.39 bits per heavy atom. The van der Waals surface area contributed by atoms with Crippen LogP contribution in [0, 0.1) is 20.8 Å². The minimum absolute atomic E-state index is 0.343. The van der Waals surface area contributed by atoms with Crippen LogP contribution in [0.2, 0.25) is 0 Å². The van der Waals surface area contributed by atoms with Crippen molar-refractivity contribution in [3.8, 4) is 0 Å². The summed E-state index contributed by atoms with van der Waals surface area (Å²) >= 11 is 1.43. The van der Waals surface area contributed by atoms with E-state index >= 15 is 0 Å². The summed E-state index contributed by atoms with van der Waals surface area (Å²) in [6.45, 7) is 10.5. The van der Waals surface area contributed by atoms with Crippen molar-refractivity contribution in [2.45, 2.75) is 46.3 Å². The van der Waals surface area contributed by atoms with Crippen molar-refractivity contribution in [3.63, 3.8) is 0 Å². The average molecular weight is 395 g/mol. The molecular formula is C23H26N2O2S. The van der Waals surface area contributed by atoms with Gasteiger partial charge in [0.1, 0.15) is 5.58 Å². The molecular weight excluding hydrogens is 368 g/mol. The van der Waals surface area contributed by atoms with E-state index in [0.29, 0.717) is 22.4 Å². The maximum atomic E-state index is 12.0. The largest absolute Gasteiger partial charge is 0.423 e. The van der Waals surface area contributed by atoms with E-state index in [1.54, 1.807) is 6.07 Å². The molecule has 4 nitrogen and oxygen atoms in total. The molecule has 28 heavy (non-hydrogen) atoms. The highest BCUT2D eigenvalue weighted by Crippen LogP contribution is 2.29. The lowest BCUT2D eigenvalue weighted by atomic mass is 9.95. The molecule has 0 spiro atoms. The molecule has 0 saturated carbocycles. The van der Waals surface area contributed by atoms with Gasteiger partial charge in [-0.25, -0.2) is 9.79 Å². The van der Waals surface area contributed by atoms with Crippen LogP contribution in [0.1, 0.15) is 47.6 Å². The van der Waals surface area contributed by atoms with Gasteiger partial charge >= 0.3 is 5.63 Å². The molecule has 0 fully saturated rings. The lowest BCUT2D eigenvalue weighted by molar-refractivity contribution is 0.559. The van der Waals surface area contributed by atoms with Gasteiger partial charge in [-0.15, -0.1) is 0 Å². The van der Waals surface area contributed by atoms with E-state index in [4.69, 9.17) is 10.2 Å². The first-order valence-corrected chi connectivity index (χ1v) is 10.3. The molecule has 0 aliphatic heterocycles. The topological polar surface area (TPSA) is 68.6 Å². The van der Waals surface area contributed by atoms with E-state index in [9.17, 15) is 4.79 Å². The summed E-state index contributed by atoms with van der Waals surface area (Å²) in [6, 6.07) is 11.7. The van der Waals surface area contributed by atoms with Crippen LogP contribution < -0.4 is 11.4 Å². The summed E-state index contributed by atoms with van der Waals surface area (Å²) in [5.41, 5.74) is 12.9. The van der Waals surface area contributed by atoms with Crippen LogP contribution in [-0.4, -0.2) is 5.17 Å². The second kappa shape index (κ2) is 8.23. The van der Waals surface area contributed by atoms with Gasteiger partial charge in [0.2, 0.25) is 0 Å². The number of aryl methyl sites for hydroxylation is 3. The Hall–Kier alpha value is -2.53. The number of nitrogens with zero attached hydrogens (tertiary/aromatic N) is 1. The Balaban J connectivity index is 1.92. The molecule has 5 heteroatoms. The normalized spacial score (nSPS) is 12.1. The van der Waals surface area contributed by atoms with Gasteiger partial charge in [-0.2, -0.15) is 0 Å². The van der Waals surface area contributed by atoms with Crippen molar-refractivity contribution >= 4 is 33.6 Å². The zero-order valence-electron chi connectivity index (χ0n) is 17.0. The van der Waals surface area contributed by atoms with Gasteiger partial charge in [-0.05, 0) is 78.8 Å². The highest BCUT2D eigenvalue weighted by molar-refractivity contribution is 8.13. The lowest BCUT2D eigenvalue weighted by Gasteiger charge is -2.13. The number of aliphatic imine (C=N–C) groups is 1. The van der Waals surface area contributed by atoms with Crippen LogP contribution in [-0.2, 0) is 5.75 Å². The molecule has 0 unspecified atom stereocenters. The number of fused-ring (bicyclic) bond motifs is 1. The van der Waals surface area contributed by atoms with Crippen molar-refractivity contribution in [3.05, 3.63) is 74.6 Å². The fraction of sp³-hybridized carbons (Fsp3) is 0.304. The monoisotopic (exact) mass is 394 g/mol. The van der Waals surface area contributed by atoms with E-state index < -0.39 is 0 Å². The number of rotatable bonds is 4. The van der Waals surface area contributed by atoms with Gasteiger partial charge in [-0.1, -0.05) is 31.7 Å². The average Bonchev–Trinajstić information content (AvgIpc) is 2.57. The lowest BCUT2D eigenvalue weighted by Crippen LogP contribution is -2.08. The van der Waals surface area contributed by atoms with Crippen molar-refractivity contribution in [1.82, 2.24) is 0 Å². The third-order valence-corrected chi connectivity index (χ3v) is 5.50. The summed E-state index contributed by atoms with van der Waals surface area (Å²) in [5.74, 6) is 0.955. The fourth-order valence-corrected chi connectivity index (χ4v) is 4.17. The van der Waals surface area contributed by atoms with E-state index in [2.05, 4.69) is 31.0 Å². The number of nitrogens with two attached hydrogens (primary N) is 1. The zero-order chi connectivity index (χ0) is 20.4. The predicted octanol–water partition coefficient (Wildman–Crippen LogP) is 5.72. The van der Waals surface area contributed by atoms with Crippen LogP contribution in [0.5, 0.6) is 0 Å². The molecule has 3 rings (SSSR count). The molecule has 0 atom stereocenters. The molecule has 1 aromatic heterocycles. The molecule has 0 aliphatic carbocycles. The van der Waals surface area contributed by atoms with Crippen molar-refractivity contribution < 1.29 is 4.42 Å². The highest BCUT2D eigenvalue weighted by atomic mass is 32.2. The van der Waals surface area contributed by atoms with Crippen molar-refractivity contribution in [2.24, 2.45) is 10.7 Å². The third kappa shape index (κ3) is 4.65. The highest BCUT2D eigenvalue weighted by Gasteiger charge is 2.12. The minimum Gasteiger partial charge on any atom is -0.423 e. The molecule has 0 bridgehead atoms. The summed E-state index contributed by atoms with van der Waals surface area (Å²) in [5, 5.41) is 1.43. The first-order chi connectivity index (χ1) is 13.2. The number of amidine groups is 1. The molecule has 3 aromatic rings. The fourth-order valence-electron chi connectivity index (χ4n) is 3.46. The first kappa shape index (κ1) is 20.2. The molecule has 0 amide bonds. The van der Waals surface area contributed by atoms with Gasteiger partial charge in [0, 0.05) is 17.2 Å². The molecule has 2 N–H and O–H groups in total. The second-order valence-electron chi connectivity index (χ2n) is 7.53. The van der Waals surface area contributed by atoms with Gasteiger partial charge in [0.15, 0.2) is 5.17 Å². The van der Waals surface area contributed by atoms with Gasteiger partial charge in [-0.3, -0.25) is 0 Å². The Kier molecular flexibility index (Phi) is 5.94. The van der Waals surface area contributed by atoms with Crippen LogP contribution in [0.15, 0.2) is 50.6 Å². The Labute approximate surface area is 169 Å². The van der Waals surface area contributed by atoms with Crippen LogP contribution in [0.3, 0.4) is 0 Å². The number of thioether (sulfide) groups is 1. The molecule has 1 heterocycles. The first-order valence-electron chi connectivity index (χ1n) is 9.35. The second-order valence-corrected chi connectivity index (χ2v) is 8.53. The smallest absolute Gasteiger partial charge is 0.336 e. The van der Waals surface area contributed by atoms with Crippen LogP contribution in [0.25, 0.3) is 11.0 Å². The van der Waals surface area contributed by atoms with E-state index in [-0.39, 0.29) is 5.63 Å². The Bertz CT molecular complexity index is 1090. The summed E-state index contributed by atoms with van der Waals surface area (Å²) < 4.78 is 5.42. The summed E-state index contributed by atoms with van der Waals surface area (Å²) in [6.07, 6.45) is 0. The number of benzene rings is 2. The van der Waals surface area contributed by atoms with Crippen molar-refractivity contribution in [1.29, 1.82) is 0 Å². The van der Waals surface area contributed by atoms with Crippen LogP contribution in [0.4, 0.5) is 5.69 Å². The standard InChI is InChI=1S/C23H26N2O2S/c1-13(2)19-11-20-17(10-22(26)27-21(20)9-16(19)5)12-28-23(24)25-18-7-14(3)6-15(4)8-18/h6-11,13H,12H2,1-5H3,(H2,24,25). The molecule has 0 radical (unpaired) electrons. The Morgan fingerprint density at radius 2 is 1.75 bits per heavy atom. The van der Waals surface area contributed by atoms with Crippen LogP contribution >= 0.6 is 11.8 Å². The molecule has 2 aromatic carbocycles. The Morgan fingerprint density at radius 1 is 1.07 bits per heavy atom. The van der Waals surface area contributed by atoms with Crippen molar-refractivity contribution in [2.75, 3.05) is 0 Å². The summed E-state index contributed by atoms with van der Waals surface area (Å²) in [7, 11) is 0. The third-order valence-electron chi connectivity index (χ3n) is 4.66. The summed E-state index contributed by atoms with van der Waals surface area (Å²) in [4.78, 5) is 16.5. The van der Waals surface area contributed by atoms with Gasteiger partial charge in [0.25, 0.3) is 0 Å². The number of hydrogen-bond acceptors (Lipinski definition) is 4. The molecule has 0 saturated heterocycles. The van der Waals surface area contributed by atoms with E-state index in [1.807, 2.05) is 39.0 Å². The SMILES string of the molecule is Cc1cc(C)cc(N=C(N)SCc2cc(=O)oc3cc(C)c(C(C)C)cc23)c1. The van der Waals surface area contributed by atoms with Gasteiger partial charge < -0.3 is 10.2 Å². The van der Waals surface area contributed by atoms with E-state index in [1.165, 1.54) is 17.3 Å².